The molecule has 2 N–H and O–H groups in total. The maximum atomic E-state index is 13.0. The molecule has 1 amide bonds. The molecule has 154 valence electrons. The van der Waals surface area contributed by atoms with Crippen LogP contribution in [0.5, 0.6) is 0 Å². The van der Waals surface area contributed by atoms with Crippen molar-refractivity contribution in [2.75, 3.05) is 7.05 Å². The first kappa shape index (κ1) is 19.7. The second kappa shape index (κ2) is 7.68. The Labute approximate surface area is 168 Å². The molecule has 1 aromatic carbocycles. The Morgan fingerprint density at radius 2 is 2.14 bits per heavy atom. The van der Waals surface area contributed by atoms with Crippen LogP contribution in [-0.2, 0) is 30.0 Å². The summed E-state index contributed by atoms with van der Waals surface area (Å²) >= 11 is 0. The fourth-order valence-corrected chi connectivity index (χ4v) is 4.46. The molecule has 1 aliphatic carbocycles. The topological polar surface area (TPSA) is 87.5 Å². The zero-order chi connectivity index (χ0) is 20.6. The molecule has 2 aromatic rings. The van der Waals surface area contributed by atoms with E-state index in [1.807, 2.05) is 7.05 Å². The van der Waals surface area contributed by atoms with Crippen molar-refractivity contribution in [1.29, 1.82) is 0 Å². The number of aliphatic hydroxyl groups is 1. The standard InChI is InChI=1S/C21H25FN4O3/c1-25-13-26-19(29)10-16(24-20(26)21(25)8-2-3-17(27)11-21)9-18(28)23-12-14-4-6-15(22)7-5-14/h4-7,10,17,27H,2-3,8-9,11-13H2,1H3,(H,23,28). The van der Waals surface area contributed by atoms with Crippen molar-refractivity contribution < 1.29 is 14.3 Å². The fraction of sp³-hybridized carbons (Fsp3) is 0.476. The molecule has 1 fully saturated rings. The van der Waals surface area contributed by atoms with Gasteiger partial charge in [0.15, 0.2) is 0 Å². The van der Waals surface area contributed by atoms with Crippen molar-refractivity contribution in [2.24, 2.45) is 0 Å². The molecule has 0 radical (unpaired) electrons. The molecule has 1 saturated carbocycles. The molecule has 1 spiro atoms. The third-order valence-electron chi connectivity index (χ3n) is 6.01. The van der Waals surface area contributed by atoms with Crippen LogP contribution < -0.4 is 10.9 Å². The Kier molecular flexibility index (Phi) is 5.23. The number of carbonyl (C=O) groups is 1. The summed E-state index contributed by atoms with van der Waals surface area (Å²) in [5.41, 5.74) is 0.573. The van der Waals surface area contributed by atoms with Gasteiger partial charge in [-0.1, -0.05) is 12.1 Å². The lowest BCUT2D eigenvalue weighted by Crippen LogP contribution is -2.44. The minimum absolute atomic E-state index is 0.00732. The number of aliphatic hydroxyl groups excluding tert-OH is 1. The number of fused-ring (bicyclic) bond motifs is 2. The highest BCUT2D eigenvalue weighted by molar-refractivity contribution is 5.78. The second-order valence-electron chi connectivity index (χ2n) is 8.04. The van der Waals surface area contributed by atoms with E-state index in [0.29, 0.717) is 24.6 Å². The van der Waals surface area contributed by atoms with Crippen LogP contribution in [0.3, 0.4) is 0 Å². The summed E-state index contributed by atoms with van der Waals surface area (Å²) in [7, 11) is 1.95. The molecule has 8 heteroatoms. The van der Waals surface area contributed by atoms with Gasteiger partial charge < -0.3 is 10.4 Å². The summed E-state index contributed by atoms with van der Waals surface area (Å²) in [6.07, 6.45) is 2.56. The van der Waals surface area contributed by atoms with Crippen LogP contribution in [-0.4, -0.2) is 38.6 Å². The van der Waals surface area contributed by atoms with Crippen LogP contribution in [0.25, 0.3) is 0 Å². The second-order valence-corrected chi connectivity index (χ2v) is 8.04. The van der Waals surface area contributed by atoms with Crippen LogP contribution in [0.1, 0.15) is 42.8 Å². The van der Waals surface area contributed by atoms with Crippen LogP contribution in [0.4, 0.5) is 4.39 Å². The Morgan fingerprint density at radius 1 is 1.38 bits per heavy atom. The van der Waals surface area contributed by atoms with Crippen LogP contribution >= 0.6 is 0 Å². The van der Waals surface area contributed by atoms with E-state index in [4.69, 9.17) is 0 Å². The normalized spacial score (nSPS) is 23.9. The van der Waals surface area contributed by atoms with E-state index >= 15 is 0 Å². The summed E-state index contributed by atoms with van der Waals surface area (Å²) < 4.78 is 14.6. The van der Waals surface area contributed by atoms with E-state index < -0.39 is 11.6 Å². The molecule has 2 aliphatic rings. The van der Waals surface area contributed by atoms with Crippen LogP contribution in [0.15, 0.2) is 35.1 Å². The number of benzene rings is 1. The van der Waals surface area contributed by atoms with Crippen molar-refractivity contribution in [3.05, 3.63) is 63.6 Å². The van der Waals surface area contributed by atoms with Gasteiger partial charge in [0.2, 0.25) is 5.91 Å². The number of hydrogen-bond donors (Lipinski definition) is 2. The molecule has 2 atom stereocenters. The third kappa shape index (κ3) is 3.82. The highest BCUT2D eigenvalue weighted by Gasteiger charge is 2.48. The van der Waals surface area contributed by atoms with Gasteiger partial charge in [-0.15, -0.1) is 0 Å². The Hall–Kier alpha value is -2.58. The summed E-state index contributed by atoms with van der Waals surface area (Å²) in [6, 6.07) is 7.33. The lowest BCUT2D eigenvalue weighted by Gasteiger charge is -2.40. The smallest absolute Gasteiger partial charge is 0.254 e. The molecule has 4 rings (SSSR count). The monoisotopic (exact) mass is 400 g/mol. The van der Waals surface area contributed by atoms with Gasteiger partial charge >= 0.3 is 0 Å². The Bertz CT molecular complexity index is 975. The van der Waals surface area contributed by atoms with Crippen molar-refractivity contribution in [2.45, 2.75) is 57.0 Å². The van der Waals surface area contributed by atoms with Gasteiger partial charge in [-0.2, -0.15) is 0 Å². The van der Waals surface area contributed by atoms with Crippen molar-refractivity contribution >= 4 is 5.91 Å². The van der Waals surface area contributed by atoms with E-state index in [9.17, 15) is 19.1 Å². The molecule has 0 saturated heterocycles. The average molecular weight is 400 g/mol. The van der Waals surface area contributed by atoms with Crippen molar-refractivity contribution in [1.82, 2.24) is 19.8 Å². The summed E-state index contributed by atoms with van der Waals surface area (Å²) in [6.45, 7) is 0.715. The van der Waals surface area contributed by atoms with Crippen LogP contribution in [0, 0.1) is 5.82 Å². The molecular weight excluding hydrogens is 375 g/mol. The number of amides is 1. The predicted octanol–water partition coefficient (Wildman–Crippen LogP) is 1.27. The number of rotatable bonds is 4. The van der Waals surface area contributed by atoms with Gasteiger partial charge in [0.1, 0.15) is 11.6 Å². The van der Waals surface area contributed by atoms with Crippen molar-refractivity contribution in [3.8, 4) is 0 Å². The maximum Gasteiger partial charge on any atom is 0.254 e. The lowest BCUT2D eigenvalue weighted by molar-refractivity contribution is -0.120. The summed E-state index contributed by atoms with van der Waals surface area (Å²) in [4.78, 5) is 31.8. The number of nitrogens with zero attached hydrogens (tertiary/aromatic N) is 3. The predicted molar refractivity (Wildman–Crippen MR) is 104 cm³/mol. The van der Waals surface area contributed by atoms with Crippen molar-refractivity contribution in [3.63, 3.8) is 0 Å². The molecule has 0 bridgehead atoms. The SMILES string of the molecule is CN1Cn2c(nc(CC(=O)NCc3ccc(F)cc3)cc2=O)C12CCCC(O)C2. The minimum atomic E-state index is -0.461. The quantitative estimate of drug-likeness (QED) is 0.807. The molecule has 29 heavy (non-hydrogen) atoms. The molecular formula is C21H25FN4O3. The molecule has 1 aliphatic heterocycles. The van der Waals surface area contributed by atoms with E-state index in [1.165, 1.54) is 18.2 Å². The first-order valence-corrected chi connectivity index (χ1v) is 9.89. The average Bonchev–Trinajstić information content (AvgIpc) is 2.94. The zero-order valence-corrected chi connectivity index (χ0v) is 16.4. The Morgan fingerprint density at radius 3 is 2.86 bits per heavy atom. The van der Waals surface area contributed by atoms with E-state index in [1.54, 1.807) is 16.7 Å². The molecule has 2 unspecified atom stereocenters. The van der Waals surface area contributed by atoms with E-state index in [2.05, 4.69) is 15.2 Å². The van der Waals surface area contributed by atoms with Gasteiger partial charge in [-0.25, -0.2) is 9.37 Å². The van der Waals surface area contributed by atoms with Gasteiger partial charge in [0, 0.05) is 12.6 Å². The minimum Gasteiger partial charge on any atom is -0.393 e. The number of halogens is 1. The molecule has 2 heterocycles. The van der Waals surface area contributed by atoms with Gasteiger partial charge in [-0.3, -0.25) is 19.1 Å². The first-order chi connectivity index (χ1) is 13.9. The fourth-order valence-electron chi connectivity index (χ4n) is 4.46. The number of hydrogen-bond acceptors (Lipinski definition) is 5. The highest BCUT2D eigenvalue weighted by Crippen LogP contribution is 2.44. The zero-order valence-electron chi connectivity index (χ0n) is 16.4. The van der Waals surface area contributed by atoms with E-state index in [0.717, 1.165) is 24.8 Å². The Balaban J connectivity index is 1.52. The highest BCUT2D eigenvalue weighted by atomic mass is 19.1. The number of nitrogens with one attached hydrogen (secondary N) is 1. The largest absolute Gasteiger partial charge is 0.393 e. The van der Waals surface area contributed by atoms with Crippen LogP contribution in [0.2, 0.25) is 0 Å². The van der Waals surface area contributed by atoms with E-state index in [-0.39, 0.29) is 30.2 Å². The van der Waals surface area contributed by atoms with Gasteiger partial charge in [0.25, 0.3) is 5.56 Å². The number of aromatic nitrogens is 2. The molecule has 7 nitrogen and oxygen atoms in total. The lowest BCUT2D eigenvalue weighted by atomic mass is 9.79. The summed E-state index contributed by atoms with van der Waals surface area (Å²) in [5.74, 6) is 0.0671. The van der Waals surface area contributed by atoms with Gasteiger partial charge in [0.05, 0.1) is 30.4 Å². The van der Waals surface area contributed by atoms with Gasteiger partial charge in [-0.05, 0) is 50.4 Å². The third-order valence-corrected chi connectivity index (χ3v) is 6.01. The summed E-state index contributed by atoms with van der Waals surface area (Å²) in [5, 5.41) is 13.0. The first-order valence-electron chi connectivity index (χ1n) is 9.89. The maximum absolute atomic E-state index is 13.0. The molecule has 1 aromatic heterocycles. The number of carbonyl (C=O) groups excluding carboxylic acids is 1.